The second-order valence-electron chi connectivity index (χ2n) is 2.58. The molecule has 0 fully saturated rings. The summed E-state index contributed by atoms with van der Waals surface area (Å²) in [4.78, 5) is 9.93. The zero-order valence-electron chi connectivity index (χ0n) is 6.94. The summed E-state index contributed by atoms with van der Waals surface area (Å²) in [6.07, 6.45) is 0. The van der Waals surface area contributed by atoms with E-state index in [1.165, 1.54) is 12.1 Å². The Kier molecular flexibility index (Phi) is 2.15. The fraction of sp³-hybridized carbons (Fsp3) is 0.125. The number of nitro groups is 1. The minimum Gasteiger partial charge on any atom is -0.398 e. The van der Waals surface area contributed by atoms with Crippen LogP contribution in [-0.2, 0) is 0 Å². The predicted octanol–water partition coefficient (Wildman–Crippen LogP) is 1.36. The number of benzene rings is 1. The van der Waals surface area contributed by atoms with Crippen molar-refractivity contribution in [3.63, 3.8) is 0 Å². The topological polar surface area (TPSA) is 93.0 Å². The van der Waals surface area contributed by atoms with E-state index in [2.05, 4.69) is 0 Å². The largest absolute Gasteiger partial charge is 0.398 e. The summed E-state index contributed by atoms with van der Waals surface area (Å²) in [6.45, 7) is 1.55. The van der Waals surface area contributed by atoms with E-state index in [4.69, 9.17) is 11.0 Å². The predicted molar refractivity (Wildman–Crippen MR) is 47.0 cm³/mol. The van der Waals surface area contributed by atoms with Crippen molar-refractivity contribution in [1.29, 1.82) is 5.26 Å². The van der Waals surface area contributed by atoms with Gasteiger partial charge in [-0.25, -0.2) is 0 Å². The van der Waals surface area contributed by atoms with E-state index in [1.807, 2.05) is 0 Å². The van der Waals surface area contributed by atoms with E-state index < -0.39 is 4.92 Å². The van der Waals surface area contributed by atoms with Crippen molar-refractivity contribution in [3.05, 3.63) is 33.4 Å². The minimum absolute atomic E-state index is 0.114. The number of anilines is 1. The van der Waals surface area contributed by atoms with Crippen LogP contribution in [0.3, 0.4) is 0 Å². The summed E-state index contributed by atoms with van der Waals surface area (Å²) in [7, 11) is 0. The Balaban J connectivity index is 3.44. The van der Waals surface area contributed by atoms with Crippen LogP contribution >= 0.6 is 0 Å². The molecule has 0 radical (unpaired) electrons. The van der Waals surface area contributed by atoms with Crippen molar-refractivity contribution in [2.45, 2.75) is 6.92 Å². The third kappa shape index (κ3) is 1.56. The lowest BCUT2D eigenvalue weighted by Gasteiger charge is -2.00. The number of hydrogen-bond donors (Lipinski definition) is 1. The van der Waals surface area contributed by atoms with Crippen molar-refractivity contribution in [1.82, 2.24) is 0 Å². The number of rotatable bonds is 1. The molecule has 0 atom stereocenters. The molecule has 0 aromatic heterocycles. The van der Waals surface area contributed by atoms with Gasteiger partial charge in [0, 0.05) is 17.3 Å². The van der Waals surface area contributed by atoms with Gasteiger partial charge in [-0.05, 0) is 13.0 Å². The Morgan fingerprint density at radius 3 is 2.69 bits per heavy atom. The van der Waals surface area contributed by atoms with Gasteiger partial charge >= 0.3 is 0 Å². The molecule has 13 heavy (non-hydrogen) atoms. The van der Waals surface area contributed by atoms with E-state index in [-0.39, 0.29) is 16.9 Å². The highest BCUT2D eigenvalue weighted by atomic mass is 16.6. The number of nitrogens with zero attached hydrogens (tertiary/aromatic N) is 2. The normalized spacial score (nSPS) is 9.23. The summed E-state index contributed by atoms with van der Waals surface area (Å²) in [6, 6.07) is 4.44. The Hall–Kier alpha value is -2.09. The molecule has 1 aromatic rings. The highest BCUT2D eigenvalue weighted by Gasteiger charge is 2.14. The Morgan fingerprint density at radius 1 is 1.62 bits per heavy atom. The lowest BCUT2D eigenvalue weighted by molar-refractivity contribution is -0.385. The number of hydrogen-bond acceptors (Lipinski definition) is 4. The highest BCUT2D eigenvalue weighted by Crippen LogP contribution is 2.24. The third-order valence-corrected chi connectivity index (χ3v) is 1.75. The van der Waals surface area contributed by atoms with Gasteiger partial charge in [0.05, 0.1) is 16.6 Å². The van der Waals surface area contributed by atoms with Crippen LogP contribution in [0.2, 0.25) is 0 Å². The molecular weight excluding hydrogens is 170 g/mol. The van der Waals surface area contributed by atoms with Crippen molar-refractivity contribution in [2.24, 2.45) is 0 Å². The van der Waals surface area contributed by atoms with Crippen LogP contribution in [-0.4, -0.2) is 4.92 Å². The van der Waals surface area contributed by atoms with Gasteiger partial charge in [-0.1, -0.05) is 0 Å². The summed E-state index contributed by atoms with van der Waals surface area (Å²) >= 11 is 0. The highest BCUT2D eigenvalue weighted by molar-refractivity contribution is 5.61. The maximum atomic E-state index is 10.5. The zero-order chi connectivity index (χ0) is 10.0. The second-order valence-corrected chi connectivity index (χ2v) is 2.58. The SMILES string of the molecule is Cc1c(N)cc(C#N)cc1[N+](=O)[O-]. The molecule has 5 nitrogen and oxygen atoms in total. The van der Waals surface area contributed by atoms with Crippen molar-refractivity contribution >= 4 is 11.4 Å². The molecule has 0 aliphatic carbocycles. The summed E-state index contributed by atoms with van der Waals surface area (Å²) in [5, 5.41) is 19.0. The lowest BCUT2D eigenvalue weighted by atomic mass is 10.1. The van der Waals surface area contributed by atoms with Crippen molar-refractivity contribution in [3.8, 4) is 6.07 Å². The molecule has 5 heteroatoms. The Labute approximate surface area is 74.5 Å². The summed E-state index contributed by atoms with van der Waals surface area (Å²) in [5.74, 6) is 0. The maximum Gasteiger partial charge on any atom is 0.275 e. The van der Waals surface area contributed by atoms with Gasteiger partial charge in [0.15, 0.2) is 0 Å². The van der Waals surface area contributed by atoms with Crippen LogP contribution in [0.15, 0.2) is 12.1 Å². The first-order valence-electron chi connectivity index (χ1n) is 3.51. The standard InChI is InChI=1S/C8H7N3O2/c1-5-7(10)2-6(4-9)3-8(5)11(12)13/h2-3H,10H2,1H3. The van der Waals surface area contributed by atoms with E-state index in [0.717, 1.165) is 0 Å². The van der Waals surface area contributed by atoms with Gasteiger partial charge in [-0.3, -0.25) is 10.1 Å². The first-order valence-corrected chi connectivity index (χ1v) is 3.51. The lowest BCUT2D eigenvalue weighted by Crippen LogP contribution is -1.97. The van der Waals surface area contributed by atoms with Crippen LogP contribution < -0.4 is 5.73 Å². The average Bonchev–Trinajstić information content (AvgIpc) is 2.09. The Morgan fingerprint density at radius 2 is 2.23 bits per heavy atom. The third-order valence-electron chi connectivity index (χ3n) is 1.75. The monoisotopic (exact) mass is 177 g/mol. The van der Waals surface area contributed by atoms with E-state index >= 15 is 0 Å². The number of nitrogens with two attached hydrogens (primary N) is 1. The van der Waals surface area contributed by atoms with E-state index in [1.54, 1.807) is 13.0 Å². The molecule has 0 aliphatic heterocycles. The van der Waals surface area contributed by atoms with Crippen LogP contribution in [0.5, 0.6) is 0 Å². The number of nitrogen functional groups attached to an aromatic ring is 1. The molecule has 1 rings (SSSR count). The summed E-state index contributed by atoms with van der Waals surface area (Å²) in [5.41, 5.74) is 6.23. The second kappa shape index (κ2) is 3.11. The minimum atomic E-state index is -0.549. The van der Waals surface area contributed by atoms with Crippen LogP contribution in [0.1, 0.15) is 11.1 Å². The van der Waals surface area contributed by atoms with Gasteiger partial charge in [0.2, 0.25) is 0 Å². The van der Waals surface area contributed by atoms with Gasteiger partial charge in [0.25, 0.3) is 5.69 Å². The number of nitriles is 1. The molecule has 66 valence electrons. The van der Waals surface area contributed by atoms with Crippen molar-refractivity contribution < 1.29 is 4.92 Å². The maximum absolute atomic E-state index is 10.5. The van der Waals surface area contributed by atoms with Gasteiger partial charge in [-0.15, -0.1) is 0 Å². The number of nitro benzene ring substituents is 1. The van der Waals surface area contributed by atoms with Crippen LogP contribution in [0.25, 0.3) is 0 Å². The molecule has 0 bridgehead atoms. The van der Waals surface area contributed by atoms with Gasteiger partial charge in [-0.2, -0.15) is 5.26 Å². The molecule has 0 heterocycles. The molecule has 1 aromatic carbocycles. The van der Waals surface area contributed by atoms with Gasteiger partial charge < -0.3 is 5.73 Å². The van der Waals surface area contributed by atoms with E-state index in [0.29, 0.717) is 5.56 Å². The smallest absolute Gasteiger partial charge is 0.275 e. The van der Waals surface area contributed by atoms with Crippen molar-refractivity contribution in [2.75, 3.05) is 5.73 Å². The molecular formula is C8H7N3O2. The molecule has 0 spiro atoms. The van der Waals surface area contributed by atoms with Gasteiger partial charge in [0.1, 0.15) is 0 Å². The quantitative estimate of drug-likeness (QED) is 0.398. The first kappa shape index (κ1) is 9.00. The van der Waals surface area contributed by atoms with Crippen LogP contribution in [0, 0.1) is 28.4 Å². The molecule has 0 amide bonds. The summed E-state index contributed by atoms with van der Waals surface area (Å²) < 4.78 is 0. The van der Waals surface area contributed by atoms with E-state index in [9.17, 15) is 10.1 Å². The first-order chi connectivity index (χ1) is 6.06. The molecule has 0 saturated heterocycles. The molecule has 2 N–H and O–H groups in total. The fourth-order valence-electron chi connectivity index (χ4n) is 0.975. The average molecular weight is 177 g/mol. The van der Waals surface area contributed by atoms with Crippen LogP contribution in [0.4, 0.5) is 11.4 Å². The molecule has 0 unspecified atom stereocenters. The fourth-order valence-corrected chi connectivity index (χ4v) is 0.975. The Bertz CT molecular complexity index is 407. The molecule has 0 aliphatic rings. The zero-order valence-corrected chi connectivity index (χ0v) is 6.94. The molecule has 0 saturated carbocycles.